The number of nitrogens with two attached hydrogens (primary N) is 1. The first-order valence-electron chi connectivity index (χ1n) is 5.77. The van der Waals surface area contributed by atoms with E-state index in [1.165, 1.54) is 7.11 Å². The summed E-state index contributed by atoms with van der Waals surface area (Å²) in [6, 6.07) is 6.91. The minimum absolute atomic E-state index is 0.140. The second kappa shape index (κ2) is 7.32. The number of benzene rings is 1. The van der Waals surface area contributed by atoms with Gasteiger partial charge in [-0.1, -0.05) is 36.5 Å². The van der Waals surface area contributed by atoms with Crippen LogP contribution in [0, 0.1) is 0 Å². The molecule has 110 valence electrons. The van der Waals surface area contributed by atoms with Crippen LogP contribution in [0.4, 0.5) is 0 Å². The van der Waals surface area contributed by atoms with Crippen LogP contribution in [0.1, 0.15) is 17.5 Å². The SMILES string of the molecule is COC(=O)CCS(=O)(=O)NCc1ccc(C(N)=S)cc1. The van der Waals surface area contributed by atoms with E-state index in [0.29, 0.717) is 0 Å². The van der Waals surface area contributed by atoms with Crippen molar-refractivity contribution >= 4 is 33.2 Å². The van der Waals surface area contributed by atoms with Crippen LogP contribution in [0.2, 0.25) is 0 Å². The molecule has 1 aromatic carbocycles. The molecule has 1 rings (SSSR count). The summed E-state index contributed by atoms with van der Waals surface area (Å²) < 4.78 is 30.1. The van der Waals surface area contributed by atoms with E-state index in [1.54, 1.807) is 24.3 Å². The number of thiocarbonyl (C=S) groups is 1. The van der Waals surface area contributed by atoms with E-state index < -0.39 is 16.0 Å². The molecule has 0 aliphatic heterocycles. The zero-order valence-electron chi connectivity index (χ0n) is 11.0. The van der Waals surface area contributed by atoms with Gasteiger partial charge in [0.25, 0.3) is 0 Å². The number of carbonyl (C=O) groups is 1. The van der Waals surface area contributed by atoms with Crippen LogP contribution >= 0.6 is 12.2 Å². The Labute approximate surface area is 123 Å². The Morgan fingerprint density at radius 1 is 1.35 bits per heavy atom. The lowest BCUT2D eigenvalue weighted by Crippen LogP contribution is -2.27. The summed E-state index contributed by atoms with van der Waals surface area (Å²) in [5.41, 5.74) is 6.95. The van der Waals surface area contributed by atoms with Gasteiger partial charge in [-0.2, -0.15) is 0 Å². The molecule has 1 aromatic rings. The number of nitrogens with one attached hydrogen (secondary N) is 1. The summed E-state index contributed by atoms with van der Waals surface area (Å²) in [6.45, 7) is 0.140. The summed E-state index contributed by atoms with van der Waals surface area (Å²) in [5.74, 6) is -0.860. The molecular formula is C12H16N2O4S2. The third-order valence-electron chi connectivity index (χ3n) is 2.54. The smallest absolute Gasteiger partial charge is 0.306 e. The zero-order valence-corrected chi connectivity index (χ0v) is 12.6. The molecular weight excluding hydrogens is 300 g/mol. The van der Waals surface area contributed by atoms with Gasteiger partial charge >= 0.3 is 5.97 Å². The maximum atomic E-state index is 11.6. The quantitative estimate of drug-likeness (QED) is 0.555. The minimum atomic E-state index is -3.51. The number of hydrogen-bond donors (Lipinski definition) is 2. The Kier molecular flexibility index (Phi) is 6.05. The second-order valence-corrected chi connectivity index (χ2v) is 6.39. The van der Waals surface area contributed by atoms with E-state index in [2.05, 4.69) is 9.46 Å². The topological polar surface area (TPSA) is 98.5 Å². The largest absolute Gasteiger partial charge is 0.469 e. The van der Waals surface area contributed by atoms with Crippen molar-refractivity contribution in [2.75, 3.05) is 12.9 Å². The van der Waals surface area contributed by atoms with Gasteiger partial charge in [0.2, 0.25) is 10.0 Å². The lowest BCUT2D eigenvalue weighted by molar-refractivity contribution is -0.140. The third kappa shape index (κ3) is 5.64. The highest BCUT2D eigenvalue weighted by molar-refractivity contribution is 7.89. The van der Waals surface area contributed by atoms with E-state index in [-0.39, 0.29) is 23.7 Å². The maximum Gasteiger partial charge on any atom is 0.306 e. The van der Waals surface area contributed by atoms with Crippen molar-refractivity contribution < 1.29 is 17.9 Å². The molecule has 0 atom stereocenters. The van der Waals surface area contributed by atoms with Crippen LogP contribution in [0.25, 0.3) is 0 Å². The Morgan fingerprint density at radius 3 is 2.45 bits per heavy atom. The summed E-state index contributed by atoms with van der Waals surface area (Å²) in [7, 11) is -2.30. The number of carbonyl (C=O) groups excluding carboxylic acids is 1. The molecule has 8 heteroatoms. The van der Waals surface area contributed by atoms with Crippen molar-refractivity contribution in [2.24, 2.45) is 5.73 Å². The van der Waals surface area contributed by atoms with E-state index >= 15 is 0 Å². The average Bonchev–Trinajstić information content (AvgIpc) is 2.43. The third-order valence-corrected chi connectivity index (χ3v) is 4.10. The molecule has 0 unspecified atom stereocenters. The van der Waals surface area contributed by atoms with Gasteiger partial charge in [0, 0.05) is 12.1 Å². The van der Waals surface area contributed by atoms with Crippen molar-refractivity contribution in [3.8, 4) is 0 Å². The van der Waals surface area contributed by atoms with Crippen molar-refractivity contribution in [3.05, 3.63) is 35.4 Å². The van der Waals surface area contributed by atoms with Crippen LogP contribution in [-0.2, 0) is 26.1 Å². The fourth-order valence-electron chi connectivity index (χ4n) is 1.37. The van der Waals surface area contributed by atoms with Crippen LogP contribution in [0.15, 0.2) is 24.3 Å². The Hall–Kier alpha value is -1.51. The zero-order chi connectivity index (χ0) is 15.2. The van der Waals surface area contributed by atoms with E-state index in [1.807, 2.05) is 0 Å². The Balaban J connectivity index is 2.53. The van der Waals surface area contributed by atoms with Crippen LogP contribution in [0.5, 0.6) is 0 Å². The molecule has 20 heavy (non-hydrogen) atoms. The second-order valence-electron chi connectivity index (χ2n) is 4.03. The van der Waals surface area contributed by atoms with Gasteiger partial charge in [0.1, 0.15) is 4.99 Å². The Morgan fingerprint density at radius 2 is 1.95 bits per heavy atom. The van der Waals surface area contributed by atoms with Gasteiger partial charge in [-0.15, -0.1) is 0 Å². The van der Waals surface area contributed by atoms with Gasteiger partial charge in [0.05, 0.1) is 19.3 Å². The van der Waals surface area contributed by atoms with Gasteiger partial charge in [-0.25, -0.2) is 13.1 Å². The molecule has 0 amide bonds. The predicted molar refractivity (Wildman–Crippen MR) is 79.6 cm³/mol. The minimum Gasteiger partial charge on any atom is -0.469 e. The lowest BCUT2D eigenvalue weighted by Gasteiger charge is -2.07. The summed E-state index contributed by atoms with van der Waals surface area (Å²) in [4.78, 5) is 11.2. The maximum absolute atomic E-state index is 11.6. The normalized spacial score (nSPS) is 11.1. The molecule has 0 radical (unpaired) electrons. The lowest BCUT2D eigenvalue weighted by atomic mass is 10.1. The average molecular weight is 316 g/mol. The predicted octanol–water partition coefficient (Wildman–Crippen LogP) is 0.303. The van der Waals surface area contributed by atoms with Crippen molar-refractivity contribution in [3.63, 3.8) is 0 Å². The van der Waals surface area contributed by atoms with Gasteiger partial charge in [-0.05, 0) is 5.56 Å². The van der Waals surface area contributed by atoms with Crippen LogP contribution in [0.3, 0.4) is 0 Å². The molecule has 0 aliphatic carbocycles. The highest BCUT2D eigenvalue weighted by atomic mass is 32.2. The molecule has 0 fully saturated rings. The molecule has 0 heterocycles. The fourth-order valence-corrected chi connectivity index (χ4v) is 2.47. The van der Waals surface area contributed by atoms with Gasteiger partial charge in [-0.3, -0.25) is 4.79 Å². The molecule has 0 saturated heterocycles. The van der Waals surface area contributed by atoms with Crippen molar-refractivity contribution in [1.82, 2.24) is 4.72 Å². The highest BCUT2D eigenvalue weighted by Crippen LogP contribution is 2.05. The Bertz CT molecular complexity index is 582. The van der Waals surface area contributed by atoms with Crippen molar-refractivity contribution in [1.29, 1.82) is 0 Å². The van der Waals surface area contributed by atoms with E-state index in [4.69, 9.17) is 18.0 Å². The van der Waals surface area contributed by atoms with Crippen LogP contribution < -0.4 is 10.5 Å². The van der Waals surface area contributed by atoms with Gasteiger partial charge < -0.3 is 10.5 Å². The monoisotopic (exact) mass is 316 g/mol. The number of rotatable bonds is 7. The number of methoxy groups -OCH3 is 1. The highest BCUT2D eigenvalue weighted by Gasteiger charge is 2.13. The summed E-state index contributed by atoms with van der Waals surface area (Å²) in [5, 5.41) is 0. The number of esters is 1. The number of ether oxygens (including phenoxy) is 1. The van der Waals surface area contributed by atoms with E-state index in [9.17, 15) is 13.2 Å². The summed E-state index contributed by atoms with van der Waals surface area (Å²) in [6.07, 6.45) is -0.174. The molecule has 0 aromatic heterocycles. The fraction of sp³-hybridized carbons (Fsp3) is 0.333. The molecule has 6 nitrogen and oxygen atoms in total. The molecule has 0 spiro atoms. The first kappa shape index (κ1) is 16.5. The number of sulfonamides is 1. The van der Waals surface area contributed by atoms with Crippen LogP contribution in [-0.4, -0.2) is 32.2 Å². The number of hydrogen-bond acceptors (Lipinski definition) is 5. The van der Waals surface area contributed by atoms with E-state index in [0.717, 1.165) is 11.1 Å². The van der Waals surface area contributed by atoms with Gasteiger partial charge in [0.15, 0.2) is 0 Å². The standard InChI is InChI=1S/C12H16N2O4S2/c1-18-11(15)6-7-20(16,17)14-8-9-2-4-10(5-3-9)12(13)19/h2-5,14H,6-8H2,1H3,(H2,13,19). The molecule has 0 bridgehead atoms. The molecule has 0 saturated carbocycles. The molecule has 3 N–H and O–H groups in total. The first-order valence-corrected chi connectivity index (χ1v) is 7.83. The molecule has 0 aliphatic rings. The summed E-state index contributed by atoms with van der Waals surface area (Å²) >= 11 is 4.82. The first-order chi connectivity index (χ1) is 9.34. The van der Waals surface area contributed by atoms with Crippen molar-refractivity contribution in [2.45, 2.75) is 13.0 Å².